The lowest BCUT2D eigenvalue weighted by molar-refractivity contribution is 0.240. The van der Waals surface area contributed by atoms with Gasteiger partial charge in [-0.3, -0.25) is 9.78 Å². The Morgan fingerprint density at radius 2 is 1.66 bits per heavy atom. The summed E-state index contributed by atoms with van der Waals surface area (Å²) in [6, 6.07) is 19.9. The first-order valence-corrected chi connectivity index (χ1v) is 10.2. The summed E-state index contributed by atoms with van der Waals surface area (Å²) in [5.74, 6) is 0.761. The van der Waals surface area contributed by atoms with E-state index >= 15 is 0 Å². The van der Waals surface area contributed by atoms with E-state index in [4.69, 9.17) is 4.74 Å². The fourth-order valence-corrected chi connectivity index (χ4v) is 3.34. The third-order valence-corrected chi connectivity index (χ3v) is 5.01. The summed E-state index contributed by atoms with van der Waals surface area (Å²) in [5, 5.41) is 11.4. The van der Waals surface area contributed by atoms with Gasteiger partial charge in [-0.25, -0.2) is 9.48 Å². The standard InChI is InChI=1S/C24H23N5O3/c1-32-19-11-9-17(10-12-19)14-26-24(31)27-15-22-20-7-2-3-8-21(20)23(30)29(28-22)16-18-6-4-5-13-25-18/h2-13H,14-16H2,1H3,(H2,26,27,31). The lowest BCUT2D eigenvalue weighted by atomic mass is 10.1. The van der Waals surface area contributed by atoms with Crippen molar-refractivity contribution in [3.63, 3.8) is 0 Å². The Bertz CT molecular complexity index is 1270. The van der Waals surface area contributed by atoms with Gasteiger partial charge in [0.2, 0.25) is 0 Å². The number of nitrogens with zero attached hydrogens (tertiary/aromatic N) is 3. The Kier molecular flexibility index (Phi) is 6.41. The fraction of sp³-hybridized carbons (Fsp3) is 0.167. The van der Waals surface area contributed by atoms with Crippen LogP contribution in [0.2, 0.25) is 0 Å². The number of hydrogen-bond acceptors (Lipinski definition) is 5. The molecule has 162 valence electrons. The summed E-state index contributed by atoms with van der Waals surface area (Å²) < 4.78 is 6.52. The number of carbonyl (C=O) groups excluding carboxylic acids is 1. The van der Waals surface area contributed by atoms with Crippen LogP contribution in [-0.2, 0) is 19.6 Å². The van der Waals surface area contributed by atoms with Gasteiger partial charge in [-0.05, 0) is 35.9 Å². The molecule has 2 aromatic heterocycles. The molecule has 0 unspecified atom stereocenters. The van der Waals surface area contributed by atoms with Crippen molar-refractivity contribution < 1.29 is 9.53 Å². The molecule has 32 heavy (non-hydrogen) atoms. The maximum absolute atomic E-state index is 12.9. The number of nitrogens with one attached hydrogen (secondary N) is 2. The van der Waals surface area contributed by atoms with E-state index in [1.807, 2.05) is 60.7 Å². The smallest absolute Gasteiger partial charge is 0.315 e. The van der Waals surface area contributed by atoms with Crippen LogP contribution < -0.4 is 20.9 Å². The average molecular weight is 429 g/mol. The molecule has 0 aliphatic heterocycles. The lowest BCUT2D eigenvalue weighted by Crippen LogP contribution is -2.35. The van der Waals surface area contributed by atoms with Crippen LogP contribution in [0.3, 0.4) is 0 Å². The largest absolute Gasteiger partial charge is 0.497 e. The monoisotopic (exact) mass is 429 g/mol. The SMILES string of the molecule is COc1ccc(CNC(=O)NCc2nn(Cc3ccccn3)c(=O)c3ccccc23)cc1. The summed E-state index contributed by atoms with van der Waals surface area (Å²) in [5.41, 5.74) is 2.09. The normalized spacial score (nSPS) is 10.7. The first kappa shape index (κ1) is 21.0. The molecule has 0 saturated carbocycles. The van der Waals surface area contributed by atoms with Crippen LogP contribution in [0.4, 0.5) is 4.79 Å². The van der Waals surface area contributed by atoms with Crippen molar-refractivity contribution in [1.82, 2.24) is 25.4 Å². The minimum atomic E-state index is -0.325. The second-order valence-corrected chi connectivity index (χ2v) is 7.16. The number of amides is 2. The van der Waals surface area contributed by atoms with E-state index in [-0.39, 0.29) is 24.7 Å². The van der Waals surface area contributed by atoms with Gasteiger partial charge >= 0.3 is 6.03 Å². The van der Waals surface area contributed by atoms with Gasteiger partial charge in [-0.15, -0.1) is 0 Å². The second-order valence-electron chi connectivity index (χ2n) is 7.16. The Balaban J connectivity index is 1.48. The zero-order valence-electron chi connectivity index (χ0n) is 17.6. The van der Waals surface area contributed by atoms with Crippen molar-refractivity contribution >= 4 is 16.8 Å². The number of fused-ring (bicyclic) bond motifs is 1. The average Bonchev–Trinajstić information content (AvgIpc) is 2.84. The van der Waals surface area contributed by atoms with Gasteiger partial charge in [0.1, 0.15) is 5.75 Å². The molecule has 2 N–H and O–H groups in total. The van der Waals surface area contributed by atoms with Crippen molar-refractivity contribution in [2.75, 3.05) is 7.11 Å². The molecule has 4 rings (SSSR count). The molecule has 0 saturated heterocycles. The van der Waals surface area contributed by atoms with Gasteiger partial charge in [0, 0.05) is 18.1 Å². The zero-order valence-corrected chi connectivity index (χ0v) is 17.6. The van der Waals surface area contributed by atoms with Crippen LogP contribution in [0.1, 0.15) is 17.0 Å². The summed E-state index contributed by atoms with van der Waals surface area (Å²) in [4.78, 5) is 29.5. The van der Waals surface area contributed by atoms with Crippen molar-refractivity contribution in [2.45, 2.75) is 19.6 Å². The predicted molar refractivity (Wildman–Crippen MR) is 121 cm³/mol. The molecule has 4 aromatic rings. The number of rotatable bonds is 7. The zero-order chi connectivity index (χ0) is 22.3. The molecule has 0 atom stereocenters. The summed E-state index contributed by atoms with van der Waals surface area (Å²) in [6.07, 6.45) is 1.68. The highest BCUT2D eigenvalue weighted by Crippen LogP contribution is 2.14. The number of carbonyl (C=O) groups is 1. The number of pyridine rings is 1. The minimum absolute atomic E-state index is 0.178. The van der Waals surface area contributed by atoms with E-state index in [1.54, 1.807) is 19.4 Å². The van der Waals surface area contributed by atoms with Crippen LogP contribution in [0.25, 0.3) is 10.8 Å². The van der Waals surface area contributed by atoms with Gasteiger partial charge in [0.25, 0.3) is 5.56 Å². The van der Waals surface area contributed by atoms with Crippen LogP contribution in [0.5, 0.6) is 5.75 Å². The molecule has 0 spiro atoms. The van der Waals surface area contributed by atoms with Crippen LogP contribution in [0.15, 0.2) is 77.7 Å². The number of benzene rings is 2. The quantitative estimate of drug-likeness (QED) is 0.471. The summed E-state index contributed by atoms with van der Waals surface area (Å²) in [7, 11) is 1.61. The Morgan fingerprint density at radius 3 is 2.38 bits per heavy atom. The molecule has 0 aliphatic carbocycles. The number of ether oxygens (including phenoxy) is 1. The van der Waals surface area contributed by atoms with E-state index in [0.29, 0.717) is 23.0 Å². The Labute approximate surface area is 184 Å². The molecular formula is C24H23N5O3. The molecular weight excluding hydrogens is 406 g/mol. The highest BCUT2D eigenvalue weighted by Gasteiger charge is 2.12. The van der Waals surface area contributed by atoms with Crippen molar-refractivity contribution in [3.8, 4) is 5.75 Å². The minimum Gasteiger partial charge on any atom is -0.497 e. The highest BCUT2D eigenvalue weighted by atomic mass is 16.5. The van der Waals surface area contributed by atoms with Gasteiger partial charge in [0.05, 0.1) is 37.0 Å². The maximum Gasteiger partial charge on any atom is 0.315 e. The Hall–Kier alpha value is -4.20. The first-order chi connectivity index (χ1) is 15.6. The number of hydrogen-bond donors (Lipinski definition) is 2. The molecule has 0 fully saturated rings. The highest BCUT2D eigenvalue weighted by molar-refractivity contribution is 5.84. The van der Waals surface area contributed by atoms with Crippen LogP contribution in [-0.4, -0.2) is 27.9 Å². The Morgan fingerprint density at radius 1 is 0.938 bits per heavy atom. The third-order valence-electron chi connectivity index (χ3n) is 5.01. The summed E-state index contributed by atoms with van der Waals surface area (Å²) in [6.45, 7) is 0.807. The first-order valence-electron chi connectivity index (χ1n) is 10.2. The molecule has 8 heteroatoms. The van der Waals surface area contributed by atoms with Crippen LogP contribution >= 0.6 is 0 Å². The van der Waals surface area contributed by atoms with Gasteiger partial charge < -0.3 is 15.4 Å². The maximum atomic E-state index is 12.9. The number of methoxy groups -OCH3 is 1. The third kappa shape index (κ3) is 4.92. The molecule has 2 amide bonds. The van der Waals surface area contributed by atoms with Gasteiger partial charge in [-0.2, -0.15) is 5.10 Å². The van der Waals surface area contributed by atoms with Crippen LogP contribution in [0, 0.1) is 0 Å². The van der Waals surface area contributed by atoms with Crippen molar-refractivity contribution in [1.29, 1.82) is 0 Å². The predicted octanol–water partition coefficient (Wildman–Crippen LogP) is 2.85. The molecule has 2 heterocycles. The lowest BCUT2D eigenvalue weighted by Gasteiger charge is -2.12. The van der Waals surface area contributed by atoms with E-state index in [2.05, 4.69) is 20.7 Å². The fourth-order valence-electron chi connectivity index (χ4n) is 3.34. The second kappa shape index (κ2) is 9.74. The van der Waals surface area contributed by atoms with Crippen molar-refractivity contribution in [2.24, 2.45) is 0 Å². The van der Waals surface area contributed by atoms with E-state index in [9.17, 15) is 9.59 Å². The van der Waals surface area contributed by atoms with E-state index < -0.39 is 0 Å². The summed E-state index contributed by atoms with van der Waals surface area (Å²) >= 11 is 0. The van der Waals surface area contributed by atoms with Crippen molar-refractivity contribution in [3.05, 3.63) is 100 Å². The molecule has 0 aliphatic rings. The topological polar surface area (TPSA) is 98.1 Å². The molecule has 2 aromatic carbocycles. The molecule has 8 nitrogen and oxygen atoms in total. The molecule has 0 bridgehead atoms. The number of urea groups is 1. The van der Waals surface area contributed by atoms with E-state index in [0.717, 1.165) is 17.0 Å². The van der Waals surface area contributed by atoms with Gasteiger partial charge in [0.15, 0.2) is 0 Å². The van der Waals surface area contributed by atoms with Gasteiger partial charge in [-0.1, -0.05) is 36.4 Å². The molecule has 0 radical (unpaired) electrons. The van der Waals surface area contributed by atoms with E-state index in [1.165, 1.54) is 4.68 Å². The number of aromatic nitrogens is 3.